The van der Waals surface area contributed by atoms with E-state index in [1.165, 1.54) is 10.8 Å². The lowest BCUT2D eigenvalue weighted by Gasteiger charge is -2.31. The minimum Gasteiger partial charge on any atom is -0.392 e. The smallest absolute Gasteiger partial charge is 0.274 e. The number of fused-ring (bicyclic) bond motifs is 1. The van der Waals surface area contributed by atoms with E-state index in [1.807, 2.05) is 43.4 Å². The highest BCUT2D eigenvalue weighted by atomic mass is 16.5. The number of hydrogen-bond acceptors (Lipinski definition) is 8. The summed E-state index contributed by atoms with van der Waals surface area (Å²) in [5.41, 5.74) is 5.77. The molecule has 0 radical (unpaired) electrons. The van der Waals surface area contributed by atoms with Crippen molar-refractivity contribution >= 4 is 34.6 Å². The molecule has 0 unspecified atom stereocenters. The maximum Gasteiger partial charge on any atom is 0.274 e. The first-order chi connectivity index (χ1) is 21.4. The van der Waals surface area contributed by atoms with Crippen LogP contribution in [0.1, 0.15) is 44.7 Å². The number of benzene rings is 2. The molecule has 0 bridgehead atoms. The third-order valence-corrected chi connectivity index (χ3v) is 8.47. The third kappa shape index (κ3) is 5.61. The number of aryl methyl sites for hydroxylation is 1. The normalized spacial score (nSPS) is 15.2. The first kappa shape index (κ1) is 29.3. The number of aliphatic hydroxyl groups excluding tert-OH is 1. The molecule has 0 saturated carbocycles. The largest absolute Gasteiger partial charge is 0.392 e. The Morgan fingerprint density at radius 1 is 1.07 bits per heavy atom. The number of Topliss-reactive ketones (excluding diaryl/α,β-unsaturated/α-hetero) is 1. The Bertz CT molecular complexity index is 1780. The van der Waals surface area contributed by atoms with Gasteiger partial charge in [-0.15, -0.1) is 0 Å². The molecule has 1 fully saturated rings. The number of ketones is 1. The highest BCUT2D eigenvalue weighted by molar-refractivity contribution is 6.09. The Balaban J connectivity index is 1.29. The number of amides is 1. The molecular weight excluding hydrogens is 558 g/mol. The number of anilines is 4. The first-order valence-corrected chi connectivity index (χ1v) is 14.8. The van der Waals surface area contributed by atoms with Crippen LogP contribution in [-0.4, -0.2) is 53.2 Å². The van der Waals surface area contributed by atoms with E-state index in [4.69, 9.17) is 4.74 Å². The summed E-state index contributed by atoms with van der Waals surface area (Å²) in [4.78, 5) is 45.7. The van der Waals surface area contributed by atoms with Crippen molar-refractivity contribution in [3.8, 4) is 11.1 Å². The minimum absolute atomic E-state index is 0.0556. The molecule has 3 N–H and O–H groups in total. The van der Waals surface area contributed by atoms with Crippen molar-refractivity contribution in [3.05, 3.63) is 99.6 Å². The van der Waals surface area contributed by atoms with Crippen LogP contribution in [0.5, 0.6) is 0 Å². The maximum absolute atomic E-state index is 13.6. The maximum atomic E-state index is 13.6. The molecule has 6 rings (SSSR count). The number of aromatic nitrogens is 2. The molecule has 2 aliphatic heterocycles. The van der Waals surface area contributed by atoms with Gasteiger partial charge in [-0.1, -0.05) is 12.1 Å². The summed E-state index contributed by atoms with van der Waals surface area (Å²) in [6, 6.07) is 16.4. The van der Waals surface area contributed by atoms with Crippen LogP contribution in [0.15, 0.2) is 71.8 Å². The molecule has 1 saturated heterocycles. The first-order valence-electron chi connectivity index (χ1n) is 14.8. The van der Waals surface area contributed by atoms with Gasteiger partial charge in [-0.25, -0.2) is 4.98 Å². The zero-order chi connectivity index (χ0) is 30.8. The number of carbonyl (C=O) groups is 2. The van der Waals surface area contributed by atoms with Crippen LogP contribution in [0.2, 0.25) is 0 Å². The van der Waals surface area contributed by atoms with Crippen LogP contribution in [0.3, 0.4) is 0 Å². The predicted octanol–water partition coefficient (Wildman–Crippen LogP) is 4.54. The minimum atomic E-state index is -0.295. The fourth-order valence-electron chi connectivity index (χ4n) is 6.03. The molecule has 4 aromatic rings. The lowest BCUT2D eigenvalue weighted by atomic mass is 9.92. The molecule has 10 nitrogen and oxygen atoms in total. The van der Waals surface area contributed by atoms with Crippen molar-refractivity contribution in [2.45, 2.75) is 25.9 Å². The van der Waals surface area contributed by atoms with Crippen molar-refractivity contribution in [1.82, 2.24) is 9.55 Å². The van der Waals surface area contributed by atoms with Gasteiger partial charge in [0.1, 0.15) is 11.5 Å². The van der Waals surface area contributed by atoms with Crippen LogP contribution in [0.25, 0.3) is 11.1 Å². The number of rotatable bonds is 8. The van der Waals surface area contributed by atoms with Crippen LogP contribution in [0.4, 0.5) is 22.9 Å². The average molecular weight is 594 g/mol. The standard InChI is InChI=1S/C34H35N5O5/c1-35-25-7-8-27-22(16-25)10-13-39(33(27)42)30-5-3-4-26(28(30)20-40)24-17-29(34(43)38(2)19-24)37-31-9-6-23(18-36-31)32(41)21-11-14-44-15-12-21/h3-9,16-19,21,35,40H,10-15,20H2,1-2H3,(H,36,37). The third-order valence-electron chi connectivity index (χ3n) is 8.47. The topological polar surface area (TPSA) is 126 Å². The fourth-order valence-corrected chi connectivity index (χ4v) is 6.03. The van der Waals surface area contributed by atoms with Crippen LogP contribution < -0.4 is 21.1 Å². The van der Waals surface area contributed by atoms with Crippen molar-refractivity contribution in [2.24, 2.45) is 13.0 Å². The average Bonchev–Trinajstić information content (AvgIpc) is 3.06. The lowest BCUT2D eigenvalue weighted by Crippen LogP contribution is -2.38. The molecular formula is C34H35N5O5. The van der Waals surface area contributed by atoms with E-state index in [-0.39, 0.29) is 29.8 Å². The van der Waals surface area contributed by atoms with Gasteiger partial charge in [-0.3, -0.25) is 14.4 Å². The molecule has 0 spiro atoms. The highest BCUT2D eigenvalue weighted by Crippen LogP contribution is 2.35. The second-order valence-corrected chi connectivity index (χ2v) is 11.2. The SMILES string of the molecule is CNc1ccc2c(c1)CCN(c1cccc(-c3cc(Nc4ccc(C(=O)C5CCOCC5)cn4)c(=O)n(C)c3)c1CO)C2=O. The zero-order valence-electron chi connectivity index (χ0n) is 24.8. The van der Waals surface area contributed by atoms with E-state index in [0.29, 0.717) is 84.0 Å². The van der Waals surface area contributed by atoms with Gasteiger partial charge in [0.25, 0.3) is 11.5 Å². The van der Waals surface area contributed by atoms with E-state index in [9.17, 15) is 19.5 Å². The Labute approximate surface area is 255 Å². The number of aliphatic hydroxyl groups is 1. The molecule has 2 aliphatic rings. The van der Waals surface area contributed by atoms with Gasteiger partial charge in [-0.05, 0) is 72.9 Å². The van der Waals surface area contributed by atoms with Crippen LogP contribution in [0, 0.1) is 5.92 Å². The second kappa shape index (κ2) is 12.4. The molecule has 1 amide bonds. The Hall–Kier alpha value is -4.80. The molecule has 226 valence electrons. The zero-order valence-corrected chi connectivity index (χ0v) is 24.8. The van der Waals surface area contributed by atoms with Crippen molar-refractivity contribution in [1.29, 1.82) is 0 Å². The van der Waals surface area contributed by atoms with Gasteiger partial charge in [0.05, 0.1) is 12.3 Å². The number of carbonyl (C=O) groups excluding carboxylic acids is 2. The van der Waals surface area contributed by atoms with Gasteiger partial charge in [0.15, 0.2) is 5.78 Å². The van der Waals surface area contributed by atoms with Crippen molar-refractivity contribution < 1.29 is 19.4 Å². The molecule has 2 aromatic carbocycles. The Morgan fingerprint density at radius 3 is 2.61 bits per heavy atom. The summed E-state index contributed by atoms with van der Waals surface area (Å²) in [5.74, 6) is 0.303. The van der Waals surface area contributed by atoms with Crippen molar-refractivity contribution in [3.63, 3.8) is 0 Å². The van der Waals surface area contributed by atoms with Crippen LogP contribution in [-0.2, 0) is 24.8 Å². The van der Waals surface area contributed by atoms with Gasteiger partial charge < -0.3 is 29.9 Å². The predicted molar refractivity (Wildman–Crippen MR) is 170 cm³/mol. The summed E-state index contributed by atoms with van der Waals surface area (Å²) < 4.78 is 6.84. The van der Waals surface area contributed by atoms with Gasteiger partial charge >= 0.3 is 0 Å². The van der Waals surface area contributed by atoms with E-state index in [0.717, 1.165) is 11.3 Å². The molecule has 2 aromatic heterocycles. The molecule has 0 aliphatic carbocycles. The monoisotopic (exact) mass is 593 g/mol. The molecule has 10 heteroatoms. The lowest BCUT2D eigenvalue weighted by molar-refractivity contribution is 0.0544. The Kier molecular flexibility index (Phi) is 8.28. The summed E-state index contributed by atoms with van der Waals surface area (Å²) in [7, 11) is 3.51. The number of hydrogen-bond donors (Lipinski definition) is 3. The van der Waals surface area contributed by atoms with E-state index in [1.54, 1.807) is 36.3 Å². The van der Waals surface area contributed by atoms with E-state index in [2.05, 4.69) is 15.6 Å². The van der Waals surface area contributed by atoms with Crippen LogP contribution >= 0.6 is 0 Å². The van der Waals surface area contributed by atoms with E-state index >= 15 is 0 Å². The van der Waals surface area contributed by atoms with Gasteiger partial charge in [0.2, 0.25) is 0 Å². The molecule has 44 heavy (non-hydrogen) atoms. The quantitative estimate of drug-likeness (QED) is 0.255. The number of nitrogens with zero attached hydrogens (tertiary/aromatic N) is 3. The second-order valence-electron chi connectivity index (χ2n) is 11.2. The Morgan fingerprint density at radius 2 is 1.89 bits per heavy atom. The summed E-state index contributed by atoms with van der Waals surface area (Å²) in [6.07, 6.45) is 5.34. The summed E-state index contributed by atoms with van der Waals surface area (Å²) >= 11 is 0. The molecule has 0 atom stereocenters. The van der Waals surface area contributed by atoms with Gasteiger partial charge in [-0.2, -0.15) is 0 Å². The van der Waals surface area contributed by atoms with Gasteiger partial charge in [0, 0.05) is 80.1 Å². The van der Waals surface area contributed by atoms with E-state index < -0.39 is 0 Å². The molecule has 4 heterocycles. The summed E-state index contributed by atoms with van der Waals surface area (Å²) in [5, 5.41) is 16.8. The number of pyridine rings is 2. The fraction of sp³-hybridized carbons (Fsp3) is 0.294. The summed E-state index contributed by atoms with van der Waals surface area (Å²) in [6.45, 7) is 1.36. The number of ether oxygens (including phenoxy) is 1. The number of nitrogens with one attached hydrogen (secondary N) is 2. The van der Waals surface area contributed by atoms with Crippen molar-refractivity contribution in [2.75, 3.05) is 42.3 Å². The highest BCUT2D eigenvalue weighted by Gasteiger charge is 2.28.